The molecule has 20 heteroatoms. The lowest BCUT2D eigenvalue weighted by Gasteiger charge is -2.36. The summed E-state index contributed by atoms with van der Waals surface area (Å²) in [6.45, 7) is 12.1. The fourth-order valence-electron chi connectivity index (χ4n) is 5.34. The molecule has 0 saturated carbocycles. The van der Waals surface area contributed by atoms with Crippen molar-refractivity contribution < 1.29 is 53.0 Å². The van der Waals surface area contributed by atoms with Crippen molar-refractivity contribution in [2.24, 2.45) is 11.8 Å². The lowest BCUT2D eigenvalue weighted by Crippen LogP contribution is -2.58. The van der Waals surface area contributed by atoms with E-state index in [1.807, 2.05) is 31.4 Å². The lowest BCUT2D eigenvalue weighted by atomic mass is 9.97. The van der Waals surface area contributed by atoms with Gasteiger partial charge in [-0.1, -0.05) is 34.1 Å². The molecule has 320 valence electrons. The molecule has 0 fully saturated rings. The van der Waals surface area contributed by atoms with E-state index in [0.717, 1.165) is 35.0 Å². The Bertz CT molecular complexity index is 1390. The quantitative estimate of drug-likeness (QED) is 0.0879. The van der Waals surface area contributed by atoms with E-state index < -0.39 is 70.8 Å². The highest BCUT2D eigenvalue weighted by Gasteiger charge is 2.39. The summed E-state index contributed by atoms with van der Waals surface area (Å²) in [5.41, 5.74) is -1.55. The Labute approximate surface area is 334 Å². The van der Waals surface area contributed by atoms with Gasteiger partial charge in [0.25, 0.3) is 11.8 Å². The second kappa shape index (κ2) is 24.9. The van der Waals surface area contributed by atoms with Gasteiger partial charge in [0.2, 0.25) is 11.8 Å². The first-order valence-corrected chi connectivity index (χ1v) is 19.7. The Hall–Kier alpha value is -4.46. The summed E-state index contributed by atoms with van der Waals surface area (Å²) < 4.78 is 5.20. The molecular formula is C36H64N8O11S. The van der Waals surface area contributed by atoms with E-state index in [1.165, 1.54) is 46.9 Å². The highest BCUT2D eigenvalue weighted by Crippen LogP contribution is 2.25. The maximum absolute atomic E-state index is 14.1. The molecule has 0 unspecified atom stereocenters. The Morgan fingerprint density at radius 1 is 0.750 bits per heavy atom. The Balaban J connectivity index is 6.06. The predicted molar refractivity (Wildman–Crippen MR) is 210 cm³/mol. The topological polar surface area (TPSA) is 244 Å². The van der Waals surface area contributed by atoms with Crippen LogP contribution in [0.4, 0.5) is 19.2 Å². The molecule has 0 bridgehead atoms. The zero-order valence-electron chi connectivity index (χ0n) is 35.0. The van der Waals surface area contributed by atoms with Gasteiger partial charge in [0, 0.05) is 48.1 Å². The fourth-order valence-corrected chi connectivity index (χ4v) is 6.64. The van der Waals surface area contributed by atoms with Crippen molar-refractivity contribution in [1.29, 1.82) is 0 Å². The molecule has 0 aliphatic carbocycles. The first-order valence-electron chi connectivity index (χ1n) is 18.7. The second-order valence-corrected chi connectivity index (χ2v) is 15.6. The zero-order chi connectivity index (χ0) is 43.5. The number of hydrogen-bond acceptors (Lipinski definition) is 12. The molecule has 0 saturated heterocycles. The third kappa shape index (κ3) is 17.6. The molecule has 5 N–H and O–H groups in total. The number of nitrogens with one attached hydrogen (secondary N) is 4. The van der Waals surface area contributed by atoms with Crippen molar-refractivity contribution in [1.82, 2.24) is 40.9 Å². The molecule has 0 aliphatic rings. The van der Waals surface area contributed by atoms with E-state index in [0.29, 0.717) is 24.2 Å². The predicted octanol–water partition coefficient (Wildman–Crippen LogP) is 2.46. The van der Waals surface area contributed by atoms with Gasteiger partial charge in [-0.05, 0) is 58.1 Å². The van der Waals surface area contributed by atoms with Crippen LogP contribution in [0.25, 0.3) is 0 Å². The summed E-state index contributed by atoms with van der Waals surface area (Å²) in [5.74, 6) is -3.08. The molecule has 12 amide bonds. The summed E-state index contributed by atoms with van der Waals surface area (Å²) in [7, 11) is 6.35. The van der Waals surface area contributed by atoms with Crippen LogP contribution in [0, 0.1) is 11.8 Å². The van der Waals surface area contributed by atoms with Gasteiger partial charge in [0.1, 0.15) is 12.1 Å². The largest absolute Gasteiger partial charge is 0.466 e. The number of ether oxygens (including phenoxy) is 1. The van der Waals surface area contributed by atoms with Crippen LogP contribution < -0.4 is 21.3 Å². The van der Waals surface area contributed by atoms with E-state index in [-0.39, 0.29) is 49.4 Å². The summed E-state index contributed by atoms with van der Waals surface area (Å²) in [4.78, 5) is 120. The minimum Gasteiger partial charge on any atom is -0.466 e. The Morgan fingerprint density at radius 3 is 1.82 bits per heavy atom. The summed E-state index contributed by atoms with van der Waals surface area (Å²) in [5, 5.41) is 17.7. The number of amides is 12. The lowest BCUT2D eigenvalue weighted by molar-refractivity contribution is -0.148. The number of aliphatic hydroxyl groups is 1. The van der Waals surface area contributed by atoms with Crippen molar-refractivity contribution in [3.05, 3.63) is 0 Å². The van der Waals surface area contributed by atoms with Gasteiger partial charge in [-0.3, -0.25) is 39.9 Å². The van der Waals surface area contributed by atoms with Crippen molar-refractivity contribution in [3.63, 3.8) is 0 Å². The average Bonchev–Trinajstić information content (AvgIpc) is 3.11. The average molecular weight is 817 g/mol. The fraction of sp³-hybridized carbons (Fsp3) is 0.750. The van der Waals surface area contributed by atoms with Crippen LogP contribution in [0.3, 0.4) is 0 Å². The molecule has 0 heterocycles. The van der Waals surface area contributed by atoms with Gasteiger partial charge in [-0.2, -0.15) is 0 Å². The molecule has 0 aromatic heterocycles. The minimum absolute atomic E-state index is 0.0166. The molecule has 4 atom stereocenters. The number of likely N-dealkylation sites (N-methyl/N-ethyl adjacent to an activating group) is 4. The highest BCUT2D eigenvalue weighted by molar-refractivity contribution is 8.00. The van der Waals surface area contributed by atoms with Crippen LogP contribution in [0.2, 0.25) is 0 Å². The number of thioether (sulfide) groups is 1. The van der Waals surface area contributed by atoms with E-state index >= 15 is 0 Å². The van der Waals surface area contributed by atoms with Crippen molar-refractivity contribution >= 4 is 65.5 Å². The van der Waals surface area contributed by atoms with Gasteiger partial charge in [-0.15, -0.1) is 11.8 Å². The van der Waals surface area contributed by atoms with Crippen LogP contribution in [-0.4, -0.2) is 149 Å². The standard InChI is InChI=1S/C36H64N8O11S/c1-13-16-23(31(49)55-15-3)18-19-56-30(43(11)26(45)17-14-2)29(48)41(9)25(21-36(6,7)54)28(47)38-33(51)44(12)35(53)40-32(50)39-34(52)42(10)24(20-22(4)5)27(46)37-8/h22-25,30,54H,13-21H2,1-12H3,(H,37,46)(H,38,47,51)(H2,39,40,50,52,53)/t23-,24+,25+,30-/m1/s1. The van der Waals surface area contributed by atoms with Crippen molar-refractivity contribution in [2.75, 3.05) is 47.6 Å². The molecule has 0 radical (unpaired) electrons. The van der Waals surface area contributed by atoms with Gasteiger partial charge in [0.15, 0.2) is 5.37 Å². The molecule has 0 rings (SSSR count). The number of urea groups is 4. The maximum atomic E-state index is 14.1. The van der Waals surface area contributed by atoms with Crippen molar-refractivity contribution in [2.45, 2.75) is 116 Å². The molecule has 0 spiro atoms. The third-order valence-electron chi connectivity index (χ3n) is 8.54. The number of carbonyl (C=O) groups is 9. The van der Waals surface area contributed by atoms with E-state index in [9.17, 15) is 48.3 Å². The molecular weight excluding hydrogens is 753 g/mol. The zero-order valence-corrected chi connectivity index (χ0v) is 35.8. The van der Waals surface area contributed by atoms with E-state index in [1.54, 1.807) is 19.2 Å². The number of hydrogen-bond donors (Lipinski definition) is 5. The molecule has 56 heavy (non-hydrogen) atoms. The molecule has 0 aromatic carbocycles. The smallest absolute Gasteiger partial charge is 0.333 e. The summed E-state index contributed by atoms with van der Waals surface area (Å²) in [6.07, 6.45) is 2.19. The van der Waals surface area contributed by atoms with Crippen molar-refractivity contribution in [3.8, 4) is 0 Å². The van der Waals surface area contributed by atoms with E-state index in [4.69, 9.17) is 4.74 Å². The maximum Gasteiger partial charge on any atom is 0.333 e. The summed E-state index contributed by atoms with van der Waals surface area (Å²) >= 11 is 1.10. The van der Waals surface area contributed by atoms with Gasteiger partial charge in [0.05, 0.1) is 18.1 Å². The first-order chi connectivity index (χ1) is 26.0. The second-order valence-electron chi connectivity index (χ2n) is 14.4. The summed E-state index contributed by atoms with van der Waals surface area (Å²) in [6, 6.07) is -7.41. The molecule has 19 nitrogen and oxygen atoms in total. The highest BCUT2D eigenvalue weighted by atomic mass is 32.2. The number of imide groups is 4. The number of rotatable bonds is 20. The first kappa shape index (κ1) is 51.5. The number of nitrogens with zero attached hydrogens (tertiary/aromatic N) is 4. The Morgan fingerprint density at radius 2 is 1.32 bits per heavy atom. The van der Waals surface area contributed by atoms with Gasteiger partial charge in [-0.25, -0.2) is 24.1 Å². The SMILES string of the molecule is CCCC(=O)N(C)[C@H](SCC[C@@H](CCC)C(=O)OCC)C(=O)N(C)[C@@H](CC(C)(C)O)C(=O)NC(=O)N(C)C(=O)NC(=O)NC(=O)N(C)[C@@H](CC(C)C)C(=O)NC. The minimum atomic E-state index is -1.55. The third-order valence-corrected chi connectivity index (χ3v) is 9.85. The van der Waals surface area contributed by atoms with Crippen LogP contribution in [0.15, 0.2) is 0 Å². The Kier molecular flexibility index (Phi) is 22.9. The normalized spacial score (nSPS) is 13.2. The van der Waals surface area contributed by atoms with Gasteiger partial charge >= 0.3 is 30.1 Å². The molecule has 0 aliphatic heterocycles. The van der Waals surface area contributed by atoms with Crippen LogP contribution in [0.5, 0.6) is 0 Å². The van der Waals surface area contributed by atoms with Crippen LogP contribution >= 0.6 is 11.8 Å². The van der Waals surface area contributed by atoms with Crippen LogP contribution in [0.1, 0.15) is 93.4 Å². The van der Waals surface area contributed by atoms with Gasteiger partial charge < -0.3 is 29.9 Å². The van der Waals surface area contributed by atoms with Crippen LogP contribution in [-0.2, 0) is 28.7 Å². The monoisotopic (exact) mass is 816 g/mol. The van der Waals surface area contributed by atoms with E-state index in [2.05, 4.69) is 5.32 Å². The molecule has 0 aromatic rings. The number of esters is 1. The number of carbonyl (C=O) groups excluding carboxylic acids is 9.